The Hall–Kier alpha value is -1.25. The topological polar surface area (TPSA) is 111 Å². The Morgan fingerprint density at radius 2 is 0.850 bits per heavy atom. The number of unbranched alkanes of at least 4 members (excludes halogenated alkanes) is 31. The van der Waals surface area contributed by atoms with Crippen LogP contribution in [-0.4, -0.2) is 70.0 Å². The molecule has 0 aliphatic heterocycles. The van der Waals surface area contributed by atoms with Gasteiger partial charge in [-0.1, -0.05) is 206 Å². The summed E-state index contributed by atoms with van der Waals surface area (Å²) in [6.45, 7) is 4.27. The van der Waals surface area contributed by atoms with Crippen molar-refractivity contribution < 1.29 is 42.1 Å². The number of esters is 2. The van der Waals surface area contributed by atoms with Gasteiger partial charge in [0.15, 0.2) is 6.10 Å². The van der Waals surface area contributed by atoms with E-state index in [-0.39, 0.29) is 32.0 Å². The highest BCUT2D eigenvalue weighted by molar-refractivity contribution is 7.45. The standard InChI is InChI=1S/C50H98NO8P/c1-6-8-10-12-14-16-18-20-22-24-25-27-29-31-33-35-37-39-41-43-50(53)59-48(47-58-60(54,55)57-45-44-51(3,4)5)46-56-49(52)42-40-38-36-34-32-30-28-26-23-21-19-17-15-13-11-9-7-2/h21,23,48H,6-20,22,24-47H2,1-5H3/b23-21-/t48-/m1/s1. The van der Waals surface area contributed by atoms with E-state index < -0.39 is 26.5 Å². The normalized spacial score (nSPS) is 13.5. The highest BCUT2D eigenvalue weighted by atomic mass is 31.2. The fraction of sp³-hybridized carbons (Fsp3) is 0.920. The second-order valence-electron chi connectivity index (χ2n) is 18.5. The molecule has 0 radical (unpaired) electrons. The van der Waals surface area contributed by atoms with Gasteiger partial charge in [0.25, 0.3) is 7.82 Å². The molecule has 356 valence electrons. The Kier molecular flexibility index (Phi) is 42.1. The van der Waals surface area contributed by atoms with Gasteiger partial charge in [0.1, 0.15) is 19.8 Å². The predicted molar refractivity (Wildman–Crippen MR) is 250 cm³/mol. The third kappa shape index (κ3) is 46.3. The van der Waals surface area contributed by atoms with Gasteiger partial charge in [0.05, 0.1) is 27.7 Å². The molecule has 0 saturated heterocycles. The van der Waals surface area contributed by atoms with E-state index in [9.17, 15) is 19.0 Å². The minimum atomic E-state index is -4.62. The van der Waals surface area contributed by atoms with Gasteiger partial charge in [-0.3, -0.25) is 14.2 Å². The van der Waals surface area contributed by atoms with Crippen LogP contribution in [0, 0.1) is 0 Å². The Morgan fingerprint density at radius 3 is 1.23 bits per heavy atom. The van der Waals surface area contributed by atoms with Crippen LogP contribution in [0.4, 0.5) is 0 Å². The molecule has 0 heterocycles. The lowest BCUT2D eigenvalue weighted by Gasteiger charge is -2.28. The average molecular weight is 872 g/mol. The molecule has 0 aliphatic carbocycles. The summed E-state index contributed by atoms with van der Waals surface area (Å²) < 4.78 is 34.0. The van der Waals surface area contributed by atoms with Crippen molar-refractivity contribution in [1.82, 2.24) is 0 Å². The fourth-order valence-corrected chi connectivity index (χ4v) is 8.03. The Bertz CT molecular complexity index is 1030. The van der Waals surface area contributed by atoms with Crippen molar-refractivity contribution in [1.29, 1.82) is 0 Å². The lowest BCUT2D eigenvalue weighted by molar-refractivity contribution is -0.870. The maximum Gasteiger partial charge on any atom is 0.306 e. The van der Waals surface area contributed by atoms with Crippen molar-refractivity contribution in [2.24, 2.45) is 0 Å². The quantitative estimate of drug-likeness (QED) is 0.0195. The molecular formula is C50H98NO8P. The molecular weight excluding hydrogens is 774 g/mol. The van der Waals surface area contributed by atoms with Crippen LogP contribution in [-0.2, 0) is 32.7 Å². The largest absolute Gasteiger partial charge is 0.756 e. The summed E-state index contributed by atoms with van der Waals surface area (Å²) in [6.07, 6.45) is 46.6. The number of hydrogen-bond donors (Lipinski definition) is 0. The lowest BCUT2D eigenvalue weighted by Crippen LogP contribution is -2.37. The van der Waals surface area contributed by atoms with Crippen LogP contribution >= 0.6 is 7.82 Å². The second-order valence-corrected chi connectivity index (χ2v) is 20.0. The number of nitrogens with zero attached hydrogens (tertiary/aromatic N) is 1. The van der Waals surface area contributed by atoms with E-state index in [4.69, 9.17) is 18.5 Å². The van der Waals surface area contributed by atoms with Gasteiger partial charge in [-0.25, -0.2) is 0 Å². The molecule has 60 heavy (non-hydrogen) atoms. The van der Waals surface area contributed by atoms with Crippen LogP contribution in [0.3, 0.4) is 0 Å². The van der Waals surface area contributed by atoms with E-state index in [1.54, 1.807) is 0 Å². The zero-order chi connectivity index (χ0) is 44.3. The van der Waals surface area contributed by atoms with Crippen LogP contribution in [0.5, 0.6) is 0 Å². The first kappa shape index (κ1) is 58.8. The number of quaternary nitrogens is 1. The molecule has 0 aliphatic rings. The van der Waals surface area contributed by atoms with E-state index >= 15 is 0 Å². The van der Waals surface area contributed by atoms with Crippen molar-refractivity contribution in [2.45, 2.75) is 251 Å². The summed E-state index contributed by atoms with van der Waals surface area (Å²) in [4.78, 5) is 37.7. The number of hydrogen-bond acceptors (Lipinski definition) is 8. The van der Waals surface area contributed by atoms with Gasteiger partial charge in [-0.15, -0.1) is 0 Å². The summed E-state index contributed by atoms with van der Waals surface area (Å²) in [7, 11) is 1.18. The number of likely N-dealkylation sites (N-methyl/N-ethyl adjacent to an activating group) is 1. The summed E-state index contributed by atoms with van der Waals surface area (Å²) in [5, 5.41) is 0. The Morgan fingerprint density at radius 1 is 0.500 bits per heavy atom. The highest BCUT2D eigenvalue weighted by Crippen LogP contribution is 2.38. The predicted octanol–water partition coefficient (Wildman–Crippen LogP) is 14.3. The monoisotopic (exact) mass is 872 g/mol. The van der Waals surface area contributed by atoms with Gasteiger partial charge in [0, 0.05) is 12.8 Å². The Labute approximate surface area is 371 Å². The van der Waals surface area contributed by atoms with E-state index in [1.807, 2.05) is 21.1 Å². The van der Waals surface area contributed by atoms with Crippen molar-refractivity contribution in [3.63, 3.8) is 0 Å². The molecule has 0 aromatic carbocycles. The SMILES string of the molecule is CCCCCCCC/C=C\CCCCCCCCCC(=O)OC[C@H](COP(=O)([O-])OCC[N+](C)(C)C)OC(=O)CCCCCCCCCCCCCCCCCCCCC. The van der Waals surface area contributed by atoms with Crippen LogP contribution < -0.4 is 4.89 Å². The summed E-state index contributed by atoms with van der Waals surface area (Å²) in [6, 6.07) is 0. The van der Waals surface area contributed by atoms with E-state index in [2.05, 4.69) is 26.0 Å². The lowest BCUT2D eigenvalue weighted by atomic mass is 10.0. The van der Waals surface area contributed by atoms with Crippen LogP contribution in [0.25, 0.3) is 0 Å². The zero-order valence-corrected chi connectivity index (χ0v) is 41.1. The van der Waals surface area contributed by atoms with Gasteiger partial charge < -0.3 is 27.9 Å². The Balaban J connectivity index is 4.23. The van der Waals surface area contributed by atoms with Gasteiger partial charge in [-0.2, -0.15) is 0 Å². The third-order valence-electron chi connectivity index (χ3n) is 11.3. The zero-order valence-electron chi connectivity index (χ0n) is 40.2. The highest BCUT2D eigenvalue weighted by Gasteiger charge is 2.21. The second kappa shape index (κ2) is 43.0. The van der Waals surface area contributed by atoms with Gasteiger partial charge in [0.2, 0.25) is 0 Å². The maximum absolute atomic E-state index is 12.7. The molecule has 0 aromatic heterocycles. The van der Waals surface area contributed by atoms with Crippen LogP contribution in [0.2, 0.25) is 0 Å². The first-order valence-electron chi connectivity index (χ1n) is 25.4. The maximum atomic E-state index is 12.7. The number of allylic oxidation sites excluding steroid dienone is 2. The number of rotatable bonds is 47. The molecule has 1 unspecified atom stereocenters. The molecule has 0 aromatic rings. The molecule has 0 saturated carbocycles. The summed E-state index contributed by atoms with van der Waals surface area (Å²) in [5.74, 6) is -0.824. The fourth-order valence-electron chi connectivity index (χ4n) is 7.30. The minimum Gasteiger partial charge on any atom is -0.756 e. The van der Waals surface area contributed by atoms with Crippen molar-refractivity contribution in [2.75, 3.05) is 47.5 Å². The smallest absolute Gasteiger partial charge is 0.306 e. The molecule has 0 fully saturated rings. The van der Waals surface area contributed by atoms with Gasteiger partial charge in [-0.05, 0) is 38.5 Å². The number of ether oxygens (including phenoxy) is 2. The molecule has 10 heteroatoms. The third-order valence-corrected chi connectivity index (χ3v) is 12.2. The molecule has 0 spiro atoms. The van der Waals surface area contributed by atoms with E-state index in [0.717, 1.165) is 38.5 Å². The molecule has 0 bridgehead atoms. The number of phosphoric ester groups is 1. The van der Waals surface area contributed by atoms with Gasteiger partial charge >= 0.3 is 11.9 Å². The van der Waals surface area contributed by atoms with Crippen molar-refractivity contribution in [3.05, 3.63) is 12.2 Å². The first-order chi connectivity index (χ1) is 29.0. The van der Waals surface area contributed by atoms with Crippen LogP contribution in [0.15, 0.2) is 12.2 Å². The average Bonchev–Trinajstić information content (AvgIpc) is 3.20. The molecule has 0 rings (SSSR count). The minimum absolute atomic E-state index is 0.0280. The molecule has 0 N–H and O–H groups in total. The number of phosphoric acid groups is 1. The number of carbonyl (C=O) groups excluding carboxylic acids is 2. The number of carbonyl (C=O) groups is 2. The van der Waals surface area contributed by atoms with E-state index in [0.29, 0.717) is 17.4 Å². The summed E-state index contributed by atoms with van der Waals surface area (Å²) in [5.41, 5.74) is 0. The molecule has 0 amide bonds. The van der Waals surface area contributed by atoms with Crippen LogP contribution in [0.1, 0.15) is 245 Å². The molecule has 2 atom stereocenters. The van der Waals surface area contributed by atoms with Crippen molar-refractivity contribution in [3.8, 4) is 0 Å². The summed E-state index contributed by atoms with van der Waals surface area (Å²) >= 11 is 0. The van der Waals surface area contributed by atoms with E-state index in [1.165, 1.54) is 173 Å². The molecule has 9 nitrogen and oxygen atoms in total. The van der Waals surface area contributed by atoms with Crippen molar-refractivity contribution >= 4 is 19.8 Å². The first-order valence-corrected chi connectivity index (χ1v) is 26.9.